The number of urea groups is 1. The summed E-state index contributed by atoms with van der Waals surface area (Å²) in [6, 6.07) is 13.9. The number of nitriles is 1. The third-order valence-corrected chi connectivity index (χ3v) is 4.90. The second-order valence-corrected chi connectivity index (χ2v) is 6.72. The van der Waals surface area contributed by atoms with Crippen molar-refractivity contribution in [2.24, 2.45) is 0 Å². The number of imidazole rings is 1. The molecule has 2 aromatic carbocycles. The molecule has 4 aromatic rings. The van der Waals surface area contributed by atoms with Crippen molar-refractivity contribution in [3.05, 3.63) is 82.0 Å². The summed E-state index contributed by atoms with van der Waals surface area (Å²) in [5.74, 6) is 0. The van der Waals surface area contributed by atoms with Gasteiger partial charge in [0.15, 0.2) is 0 Å². The SMILES string of the molecule is N#Cc1cccc(NC(=O)Nc2ccc3c(c2)Cc2c-3[nH]c(=O)c3nccn23)c1.O. The molecule has 148 valence electrons. The molecule has 2 aromatic heterocycles. The highest BCUT2D eigenvalue weighted by Crippen LogP contribution is 2.35. The molecule has 0 fully saturated rings. The first kappa shape index (κ1) is 18.9. The molecular formula is C21H16N6O3. The highest BCUT2D eigenvalue weighted by molar-refractivity contribution is 6.00. The number of nitrogens with one attached hydrogen (secondary N) is 3. The van der Waals surface area contributed by atoms with E-state index in [2.05, 4.69) is 20.6 Å². The topological polar surface area (TPSA) is 147 Å². The van der Waals surface area contributed by atoms with Crippen LogP contribution in [0.1, 0.15) is 16.8 Å². The van der Waals surface area contributed by atoms with Crippen LogP contribution in [-0.2, 0) is 6.42 Å². The number of amides is 2. The fraction of sp³-hybridized carbons (Fsp3) is 0.0476. The predicted octanol–water partition coefficient (Wildman–Crippen LogP) is 2.28. The lowest BCUT2D eigenvalue weighted by molar-refractivity contribution is 0.262. The molecule has 9 heteroatoms. The molecule has 9 nitrogen and oxygen atoms in total. The standard InChI is InChI=1S/C21H14N6O2.H2O/c22-11-12-2-1-3-14(8-12)24-21(29)25-15-4-5-16-13(9-15)10-17-18(16)26-20(28)19-23-6-7-27(17)19;/h1-9H,10H2,(H,26,28)(H2,24,25,29);1H2. The van der Waals surface area contributed by atoms with Crippen molar-refractivity contribution in [1.82, 2.24) is 14.4 Å². The van der Waals surface area contributed by atoms with Gasteiger partial charge < -0.3 is 21.1 Å². The Kier molecular flexibility index (Phi) is 4.54. The van der Waals surface area contributed by atoms with E-state index >= 15 is 0 Å². The largest absolute Gasteiger partial charge is 0.412 e. The van der Waals surface area contributed by atoms with Crippen LogP contribution in [0.25, 0.3) is 16.9 Å². The van der Waals surface area contributed by atoms with Crippen molar-refractivity contribution >= 4 is 23.1 Å². The summed E-state index contributed by atoms with van der Waals surface area (Å²) < 4.78 is 1.80. The third-order valence-electron chi connectivity index (χ3n) is 4.90. The molecule has 0 spiro atoms. The average molecular weight is 400 g/mol. The van der Waals surface area contributed by atoms with Crippen molar-refractivity contribution in [1.29, 1.82) is 5.26 Å². The molecule has 30 heavy (non-hydrogen) atoms. The Morgan fingerprint density at radius 3 is 2.77 bits per heavy atom. The predicted molar refractivity (Wildman–Crippen MR) is 111 cm³/mol. The number of rotatable bonds is 2. The maximum atomic E-state index is 12.3. The van der Waals surface area contributed by atoms with Crippen LogP contribution in [0.3, 0.4) is 0 Å². The van der Waals surface area contributed by atoms with Crippen LogP contribution >= 0.6 is 0 Å². The Morgan fingerprint density at radius 1 is 1.17 bits per heavy atom. The molecule has 2 amide bonds. The Labute approximate surface area is 169 Å². The van der Waals surface area contributed by atoms with E-state index in [0.29, 0.717) is 29.0 Å². The lowest BCUT2D eigenvalue weighted by Crippen LogP contribution is -2.19. The van der Waals surface area contributed by atoms with Gasteiger partial charge in [-0.05, 0) is 35.9 Å². The number of aromatic amines is 1. The maximum Gasteiger partial charge on any atom is 0.323 e. The van der Waals surface area contributed by atoms with Gasteiger partial charge in [-0.1, -0.05) is 12.1 Å². The van der Waals surface area contributed by atoms with Crippen molar-refractivity contribution in [3.63, 3.8) is 0 Å². The minimum absolute atomic E-state index is 0. The number of carbonyl (C=O) groups excluding carboxylic acids is 1. The summed E-state index contributed by atoms with van der Waals surface area (Å²) in [7, 11) is 0. The van der Waals surface area contributed by atoms with Gasteiger partial charge in [-0.2, -0.15) is 5.26 Å². The van der Waals surface area contributed by atoms with Crippen LogP contribution in [0.5, 0.6) is 0 Å². The van der Waals surface area contributed by atoms with E-state index in [1.807, 2.05) is 18.2 Å². The second-order valence-electron chi connectivity index (χ2n) is 6.72. The van der Waals surface area contributed by atoms with Crippen LogP contribution in [-0.4, -0.2) is 25.9 Å². The Balaban J connectivity index is 0.00000218. The quantitative estimate of drug-likeness (QED) is 0.417. The second kappa shape index (κ2) is 7.20. The minimum atomic E-state index is -0.402. The zero-order valence-corrected chi connectivity index (χ0v) is 15.6. The first-order chi connectivity index (χ1) is 14.1. The maximum absolute atomic E-state index is 12.3. The zero-order chi connectivity index (χ0) is 20.0. The molecule has 1 aliphatic carbocycles. The van der Waals surface area contributed by atoms with Crippen molar-refractivity contribution in [3.8, 4) is 17.3 Å². The number of H-pyrrole nitrogens is 1. The first-order valence-corrected chi connectivity index (χ1v) is 8.92. The molecule has 0 saturated carbocycles. The van der Waals surface area contributed by atoms with E-state index in [4.69, 9.17) is 5.26 Å². The van der Waals surface area contributed by atoms with Crippen molar-refractivity contribution in [2.45, 2.75) is 6.42 Å². The number of benzene rings is 2. The van der Waals surface area contributed by atoms with Crippen LogP contribution in [0.4, 0.5) is 16.2 Å². The van der Waals surface area contributed by atoms with Gasteiger partial charge in [-0.3, -0.25) is 9.20 Å². The van der Waals surface area contributed by atoms with Crippen LogP contribution in [0.15, 0.2) is 59.7 Å². The number of anilines is 2. The van der Waals surface area contributed by atoms with E-state index in [-0.39, 0.29) is 11.0 Å². The molecule has 0 radical (unpaired) electrons. The Morgan fingerprint density at radius 2 is 1.97 bits per heavy atom. The highest BCUT2D eigenvalue weighted by Gasteiger charge is 2.23. The summed E-state index contributed by atoms with van der Waals surface area (Å²) in [5.41, 5.74) is 5.45. The van der Waals surface area contributed by atoms with Gasteiger partial charge in [0.1, 0.15) is 0 Å². The van der Waals surface area contributed by atoms with Gasteiger partial charge in [0.25, 0.3) is 5.56 Å². The molecule has 0 saturated heterocycles. The van der Waals surface area contributed by atoms with Gasteiger partial charge in [0, 0.05) is 35.8 Å². The highest BCUT2D eigenvalue weighted by atomic mass is 16.2. The summed E-state index contributed by atoms with van der Waals surface area (Å²) in [4.78, 5) is 31.5. The zero-order valence-electron chi connectivity index (χ0n) is 15.6. The smallest absolute Gasteiger partial charge is 0.323 e. The normalized spacial score (nSPS) is 11.2. The summed E-state index contributed by atoms with van der Waals surface area (Å²) in [5, 5.41) is 14.5. The van der Waals surface area contributed by atoms with Gasteiger partial charge in [-0.15, -0.1) is 0 Å². The molecule has 0 atom stereocenters. The molecule has 0 bridgehead atoms. The van der Waals surface area contributed by atoms with Crippen molar-refractivity contribution < 1.29 is 10.3 Å². The molecule has 1 aliphatic rings. The number of nitrogens with zero attached hydrogens (tertiary/aromatic N) is 3. The lowest BCUT2D eigenvalue weighted by atomic mass is 10.1. The molecular weight excluding hydrogens is 384 g/mol. The van der Waals surface area contributed by atoms with Crippen LogP contribution < -0.4 is 16.2 Å². The van der Waals surface area contributed by atoms with Gasteiger partial charge in [0.2, 0.25) is 5.65 Å². The fourth-order valence-corrected chi connectivity index (χ4v) is 3.65. The van der Waals surface area contributed by atoms with Crippen molar-refractivity contribution in [2.75, 3.05) is 10.6 Å². The molecule has 5 N–H and O–H groups in total. The van der Waals surface area contributed by atoms with E-state index < -0.39 is 6.03 Å². The molecule has 0 aliphatic heterocycles. The number of aromatic nitrogens is 3. The van der Waals surface area contributed by atoms with E-state index in [0.717, 1.165) is 22.5 Å². The Hall–Kier alpha value is -4.42. The fourth-order valence-electron chi connectivity index (χ4n) is 3.65. The molecule has 2 heterocycles. The van der Waals surface area contributed by atoms with Crippen LogP contribution in [0, 0.1) is 11.3 Å². The van der Waals surface area contributed by atoms with Gasteiger partial charge in [-0.25, -0.2) is 9.78 Å². The summed E-state index contributed by atoms with van der Waals surface area (Å²) in [6.07, 6.45) is 4.00. The van der Waals surface area contributed by atoms with Gasteiger partial charge >= 0.3 is 6.03 Å². The number of hydrogen-bond donors (Lipinski definition) is 3. The number of carbonyl (C=O) groups is 1. The molecule has 5 rings (SSSR count). The van der Waals surface area contributed by atoms with Crippen LogP contribution in [0.2, 0.25) is 0 Å². The van der Waals surface area contributed by atoms with E-state index in [1.54, 1.807) is 47.1 Å². The Bertz CT molecular complexity index is 1400. The van der Waals surface area contributed by atoms with Gasteiger partial charge in [0.05, 0.1) is 23.0 Å². The molecule has 0 unspecified atom stereocenters. The monoisotopic (exact) mass is 400 g/mol. The van der Waals surface area contributed by atoms with E-state index in [9.17, 15) is 9.59 Å². The average Bonchev–Trinajstić information content (AvgIpc) is 3.33. The summed E-state index contributed by atoms with van der Waals surface area (Å²) in [6.45, 7) is 0. The lowest BCUT2D eigenvalue weighted by Gasteiger charge is -2.09. The minimum Gasteiger partial charge on any atom is -0.412 e. The number of hydrogen-bond acceptors (Lipinski definition) is 4. The number of fused-ring (bicyclic) bond motifs is 5. The summed E-state index contributed by atoms with van der Waals surface area (Å²) >= 11 is 0. The first-order valence-electron chi connectivity index (χ1n) is 8.92. The third kappa shape index (κ3) is 3.07. The van der Waals surface area contributed by atoms with E-state index in [1.165, 1.54) is 0 Å².